The molecule has 0 radical (unpaired) electrons. The molecule has 4 heteroatoms. The molecular weight excluding hydrogens is 494 g/mol. The first-order valence-electron chi connectivity index (χ1n) is 15.9. The highest BCUT2D eigenvalue weighted by Crippen LogP contribution is 2.46. The van der Waals surface area contributed by atoms with E-state index in [9.17, 15) is 0 Å². The van der Waals surface area contributed by atoms with Gasteiger partial charge < -0.3 is 14.6 Å². The molecule has 3 rings (SSSR count). The maximum atomic E-state index is 9.03. The lowest BCUT2D eigenvalue weighted by Crippen LogP contribution is -2.39. The fraction of sp³-hybridized carbons (Fsp3) is 0.667. The Bertz CT molecular complexity index is 1060. The second-order valence-electron chi connectivity index (χ2n) is 12.9. The van der Waals surface area contributed by atoms with Gasteiger partial charge in [0.15, 0.2) is 0 Å². The third kappa shape index (κ3) is 9.52. The number of hydrogen-bond donors (Lipinski definition) is 1. The van der Waals surface area contributed by atoms with Crippen LogP contribution in [0.5, 0.6) is 11.5 Å². The molecule has 4 nitrogen and oxygen atoms in total. The molecule has 2 heterocycles. The summed E-state index contributed by atoms with van der Waals surface area (Å²) in [6, 6.07) is 0. The van der Waals surface area contributed by atoms with E-state index < -0.39 is 0 Å². The van der Waals surface area contributed by atoms with E-state index in [4.69, 9.17) is 14.6 Å². The van der Waals surface area contributed by atoms with E-state index in [0.29, 0.717) is 13.3 Å². The van der Waals surface area contributed by atoms with Crippen LogP contribution < -0.4 is 9.47 Å². The average Bonchev–Trinajstić information content (AvgIpc) is 2.91. The van der Waals surface area contributed by atoms with Crippen molar-refractivity contribution < 1.29 is 14.6 Å². The Morgan fingerprint density at radius 1 is 0.850 bits per heavy atom. The van der Waals surface area contributed by atoms with Crippen molar-refractivity contribution in [2.75, 3.05) is 19.9 Å². The van der Waals surface area contributed by atoms with Crippen LogP contribution >= 0.6 is 0 Å². The monoisotopic (exact) mass is 551 g/mol. The van der Waals surface area contributed by atoms with Gasteiger partial charge in [0.05, 0.1) is 0 Å². The predicted molar refractivity (Wildman–Crippen MR) is 169 cm³/mol. The van der Waals surface area contributed by atoms with Crippen LogP contribution in [-0.4, -0.2) is 35.5 Å². The van der Waals surface area contributed by atoms with Crippen molar-refractivity contribution in [3.05, 3.63) is 57.2 Å². The van der Waals surface area contributed by atoms with Crippen molar-refractivity contribution >= 4 is 0 Å². The highest BCUT2D eigenvalue weighted by molar-refractivity contribution is 5.60. The van der Waals surface area contributed by atoms with Gasteiger partial charge in [-0.25, -0.2) is 0 Å². The number of ether oxygens (including phenoxy) is 2. The minimum absolute atomic E-state index is 0.126. The molecule has 0 fully saturated rings. The van der Waals surface area contributed by atoms with E-state index in [2.05, 4.69) is 71.6 Å². The summed E-state index contributed by atoms with van der Waals surface area (Å²) in [5.41, 5.74) is 9.48. The van der Waals surface area contributed by atoms with Crippen LogP contribution in [0, 0.1) is 13.8 Å². The molecule has 0 aliphatic carbocycles. The van der Waals surface area contributed by atoms with Crippen LogP contribution in [0.1, 0.15) is 128 Å². The lowest BCUT2D eigenvalue weighted by molar-refractivity contribution is 0.0521. The number of aliphatic hydroxyl groups is 1. The number of fused-ring (bicyclic) bond motifs is 3. The summed E-state index contributed by atoms with van der Waals surface area (Å²) in [6.07, 6.45) is 20.3. The summed E-state index contributed by atoms with van der Waals surface area (Å²) in [5, 5.41) is 9.03. The standard InChI is InChI=1S/C36H57NO3/c1-27(2)15-12-16-28(3)17-13-18-29(4)19-14-21-36(7)22-20-32-33-25-37(23-10-8-9-11-24-38)26-39-34(33)30(5)31(6)35(32)40-36/h15,17,19,38H,8-14,16,18,20-26H2,1-7H3/t36-/m1/s1. The molecule has 0 aromatic heterocycles. The van der Waals surface area contributed by atoms with Gasteiger partial charge in [0, 0.05) is 30.8 Å². The third-order valence-corrected chi connectivity index (χ3v) is 8.85. The van der Waals surface area contributed by atoms with Crippen LogP contribution in [0.2, 0.25) is 0 Å². The van der Waals surface area contributed by atoms with Gasteiger partial charge in [0.1, 0.15) is 23.8 Å². The van der Waals surface area contributed by atoms with Crippen molar-refractivity contribution in [2.45, 2.75) is 138 Å². The first kappa shape index (κ1) is 32.5. The molecular formula is C36H57NO3. The van der Waals surface area contributed by atoms with Crippen LogP contribution in [0.15, 0.2) is 34.9 Å². The first-order chi connectivity index (χ1) is 19.1. The normalized spacial score (nSPS) is 19.5. The summed E-state index contributed by atoms with van der Waals surface area (Å²) in [6.45, 7) is 18.6. The summed E-state index contributed by atoms with van der Waals surface area (Å²) >= 11 is 0. The van der Waals surface area contributed by atoms with E-state index in [1.54, 1.807) is 0 Å². The van der Waals surface area contributed by atoms with Gasteiger partial charge in [0.25, 0.3) is 0 Å². The largest absolute Gasteiger partial charge is 0.487 e. The number of nitrogens with zero attached hydrogens (tertiary/aromatic N) is 1. The summed E-state index contributed by atoms with van der Waals surface area (Å²) in [7, 11) is 0. The Hall–Kier alpha value is -2.04. The molecule has 0 saturated heterocycles. The first-order valence-corrected chi connectivity index (χ1v) is 15.9. The average molecular weight is 552 g/mol. The lowest BCUT2D eigenvalue weighted by Gasteiger charge is -2.40. The molecule has 1 N–H and O–H groups in total. The maximum absolute atomic E-state index is 9.03. The van der Waals surface area contributed by atoms with Crippen LogP contribution in [-0.2, 0) is 13.0 Å². The van der Waals surface area contributed by atoms with E-state index >= 15 is 0 Å². The Balaban J connectivity index is 1.56. The van der Waals surface area contributed by atoms with Crippen molar-refractivity contribution in [3.8, 4) is 11.5 Å². The number of aliphatic hydroxyl groups excluding tert-OH is 1. The van der Waals surface area contributed by atoms with Crippen molar-refractivity contribution in [2.24, 2.45) is 0 Å². The molecule has 1 atom stereocenters. The van der Waals surface area contributed by atoms with E-state index in [-0.39, 0.29) is 5.60 Å². The van der Waals surface area contributed by atoms with Gasteiger partial charge in [-0.05, 0) is 124 Å². The minimum atomic E-state index is -0.126. The number of benzene rings is 1. The zero-order valence-corrected chi connectivity index (χ0v) is 26.8. The molecule has 1 aromatic carbocycles. The fourth-order valence-electron chi connectivity index (χ4n) is 6.03. The van der Waals surface area contributed by atoms with Gasteiger partial charge in [0.2, 0.25) is 0 Å². The van der Waals surface area contributed by atoms with Gasteiger partial charge in [-0.15, -0.1) is 0 Å². The molecule has 224 valence electrons. The highest BCUT2D eigenvalue weighted by Gasteiger charge is 2.36. The van der Waals surface area contributed by atoms with Crippen LogP contribution in [0.25, 0.3) is 0 Å². The Morgan fingerprint density at radius 2 is 1.50 bits per heavy atom. The molecule has 0 saturated carbocycles. The molecule has 2 aliphatic rings. The second-order valence-corrected chi connectivity index (χ2v) is 12.9. The Labute approximate surface area is 245 Å². The smallest absolute Gasteiger partial charge is 0.142 e. The van der Waals surface area contributed by atoms with Crippen molar-refractivity contribution in [1.29, 1.82) is 0 Å². The minimum Gasteiger partial charge on any atom is -0.487 e. The summed E-state index contributed by atoms with van der Waals surface area (Å²) in [5.74, 6) is 2.22. The van der Waals surface area contributed by atoms with Gasteiger partial charge >= 0.3 is 0 Å². The van der Waals surface area contributed by atoms with Crippen molar-refractivity contribution in [1.82, 2.24) is 4.90 Å². The SMILES string of the molecule is CC(C)=CCCC(C)=CCCC(C)=CCC[C@]1(C)CCc2c3c(c(C)c(C)c2O1)OCN(CCCCCCO)C3. The maximum Gasteiger partial charge on any atom is 0.142 e. The third-order valence-electron chi connectivity index (χ3n) is 8.85. The zero-order chi connectivity index (χ0) is 29.1. The molecule has 40 heavy (non-hydrogen) atoms. The fourth-order valence-corrected chi connectivity index (χ4v) is 6.03. The summed E-state index contributed by atoms with van der Waals surface area (Å²) < 4.78 is 13.2. The topological polar surface area (TPSA) is 41.9 Å². The Morgan fingerprint density at radius 3 is 2.20 bits per heavy atom. The number of allylic oxidation sites excluding steroid dienone is 6. The quantitative estimate of drug-likeness (QED) is 0.174. The van der Waals surface area contributed by atoms with E-state index in [1.807, 2.05) is 0 Å². The lowest BCUT2D eigenvalue weighted by atomic mass is 9.84. The van der Waals surface area contributed by atoms with Crippen LogP contribution in [0.3, 0.4) is 0 Å². The number of hydrogen-bond acceptors (Lipinski definition) is 4. The molecule has 2 aliphatic heterocycles. The molecule has 0 spiro atoms. The number of rotatable bonds is 15. The number of unbranched alkanes of at least 4 members (excludes halogenated alkanes) is 3. The van der Waals surface area contributed by atoms with Crippen LogP contribution in [0.4, 0.5) is 0 Å². The Kier molecular flexibility index (Phi) is 12.8. The van der Waals surface area contributed by atoms with Gasteiger partial charge in [-0.3, -0.25) is 4.90 Å². The summed E-state index contributed by atoms with van der Waals surface area (Å²) in [4.78, 5) is 2.43. The predicted octanol–water partition coefficient (Wildman–Crippen LogP) is 9.29. The van der Waals surface area contributed by atoms with Gasteiger partial charge in [-0.2, -0.15) is 0 Å². The van der Waals surface area contributed by atoms with E-state index in [1.165, 1.54) is 45.4 Å². The highest BCUT2D eigenvalue weighted by atomic mass is 16.5. The van der Waals surface area contributed by atoms with Gasteiger partial charge in [-0.1, -0.05) is 47.8 Å². The molecule has 0 bridgehead atoms. The van der Waals surface area contributed by atoms with Crippen molar-refractivity contribution in [3.63, 3.8) is 0 Å². The molecule has 0 amide bonds. The second kappa shape index (κ2) is 15.8. The molecule has 0 unspecified atom stereocenters. The molecule has 1 aromatic rings. The zero-order valence-electron chi connectivity index (χ0n) is 26.8. The van der Waals surface area contributed by atoms with E-state index in [0.717, 1.165) is 95.2 Å².